The Morgan fingerprint density at radius 2 is 1.94 bits per heavy atom. The number of benzene rings is 1. The first-order chi connectivity index (χ1) is 8.16. The Balaban J connectivity index is 2.24. The molecule has 0 aliphatic heterocycles. The molecule has 1 nitrogen and oxygen atoms in total. The van der Waals surface area contributed by atoms with Gasteiger partial charge in [0.05, 0.1) is 5.52 Å². The van der Waals surface area contributed by atoms with Gasteiger partial charge in [0.25, 0.3) is 0 Å². The lowest BCUT2D eigenvalue weighted by Gasteiger charge is -2.14. The third-order valence-electron chi connectivity index (χ3n) is 3.03. The molecule has 2 atom stereocenters. The fourth-order valence-corrected chi connectivity index (χ4v) is 2.65. The van der Waals surface area contributed by atoms with Gasteiger partial charge in [-0.3, -0.25) is 4.98 Å². The molecular formula is C15H18ClN. The van der Waals surface area contributed by atoms with Crippen LogP contribution in [0.5, 0.6) is 0 Å². The van der Waals surface area contributed by atoms with Gasteiger partial charge >= 0.3 is 0 Å². The highest BCUT2D eigenvalue weighted by Gasteiger charge is 2.09. The number of hydrogen-bond donors (Lipinski definition) is 0. The molecule has 2 heteroatoms. The van der Waals surface area contributed by atoms with Crippen molar-refractivity contribution in [2.24, 2.45) is 5.92 Å². The van der Waals surface area contributed by atoms with Crippen molar-refractivity contribution < 1.29 is 0 Å². The summed E-state index contributed by atoms with van der Waals surface area (Å²) in [5, 5.41) is 1.52. The van der Waals surface area contributed by atoms with Crippen LogP contribution in [0.25, 0.3) is 10.9 Å². The Kier molecular flexibility index (Phi) is 4.01. The SMILES string of the molecule is CC(Cl)CC(C)Cc1ccnc2ccccc12. The van der Waals surface area contributed by atoms with Gasteiger partial charge in [-0.15, -0.1) is 11.6 Å². The molecule has 0 radical (unpaired) electrons. The van der Waals surface area contributed by atoms with Crippen molar-refractivity contribution in [1.82, 2.24) is 4.98 Å². The number of nitrogens with zero attached hydrogens (tertiary/aromatic N) is 1. The maximum atomic E-state index is 6.04. The number of alkyl halides is 1. The van der Waals surface area contributed by atoms with Crippen LogP contribution in [0.4, 0.5) is 0 Å². The predicted molar refractivity (Wildman–Crippen MR) is 74.5 cm³/mol. The number of aromatic nitrogens is 1. The lowest BCUT2D eigenvalue weighted by atomic mass is 9.95. The fourth-order valence-electron chi connectivity index (χ4n) is 2.35. The van der Waals surface area contributed by atoms with Gasteiger partial charge in [-0.1, -0.05) is 25.1 Å². The zero-order valence-electron chi connectivity index (χ0n) is 10.4. The lowest BCUT2D eigenvalue weighted by Crippen LogP contribution is -2.06. The molecule has 0 spiro atoms. The minimum Gasteiger partial charge on any atom is -0.256 e. The molecule has 0 aliphatic carbocycles. The smallest absolute Gasteiger partial charge is 0.0704 e. The number of para-hydroxylation sites is 1. The number of fused-ring (bicyclic) bond motifs is 1. The van der Waals surface area contributed by atoms with Crippen molar-refractivity contribution in [3.63, 3.8) is 0 Å². The van der Waals surface area contributed by atoms with E-state index in [0.717, 1.165) is 18.4 Å². The zero-order chi connectivity index (χ0) is 12.3. The van der Waals surface area contributed by atoms with Gasteiger partial charge in [-0.2, -0.15) is 0 Å². The minimum absolute atomic E-state index is 0.248. The lowest BCUT2D eigenvalue weighted by molar-refractivity contribution is 0.528. The molecule has 0 aliphatic rings. The molecule has 0 amide bonds. The Bertz CT molecular complexity index is 488. The predicted octanol–water partition coefficient (Wildman–Crippen LogP) is 4.43. The van der Waals surface area contributed by atoms with Crippen LogP contribution in [0.2, 0.25) is 0 Å². The summed E-state index contributed by atoms with van der Waals surface area (Å²) in [6.07, 6.45) is 4.02. The van der Waals surface area contributed by atoms with E-state index < -0.39 is 0 Å². The van der Waals surface area contributed by atoms with Gasteiger partial charge in [-0.25, -0.2) is 0 Å². The largest absolute Gasteiger partial charge is 0.256 e. The summed E-state index contributed by atoms with van der Waals surface area (Å²) in [5.41, 5.74) is 2.46. The topological polar surface area (TPSA) is 12.9 Å². The second kappa shape index (κ2) is 5.50. The van der Waals surface area contributed by atoms with Crippen molar-refractivity contribution in [3.8, 4) is 0 Å². The van der Waals surface area contributed by atoms with Crippen LogP contribution in [0.15, 0.2) is 36.5 Å². The highest BCUT2D eigenvalue weighted by Crippen LogP contribution is 2.22. The van der Waals surface area contributed by atoms with Crippen LogP contribution in [-0.2, 0) is 6.42 Å². The normalized spacial score (nSPS) is 14.8. The number of halogens is 1. The molecule has 0 N–H and O–H groups in total. The highest BCUT2D eigenvalue weighted by molar-refractivity contribution is 6.20. The minimum atomic E-state index is 0.248. The van der Waals surface area contributed by atoms with Crippen molar-refractivity contribution in [2.75, 3.05) is 0 Å². The van der Waals surface area contributed by atoms with Gasteiger partial charge in [0.2, 0.25) is 0 Å². The summed E-state index contributed by atoms with van der Waals surface area (Å²) in [7, 11) is 0. The third-order valence-corrected chi connectivity index (χ3v) is 3.21. The molecule has 2 rings (SSSR count). The average Bonchev–Trinajstić information content (AvgIpc) is 2.28. The fraction of sp³-hybridized carbons (Fsp3) is 0.400. The molecule has 0 saturated heterocycles. The van der Waals surface area contributed by atoms with E-state index in [1.807, 2.05) is 12.3 Å². The zero-order valence-corrected chi connectivity index (χ0v) is 11.1. The number of rotatable bonds is 4. The number of pyridine rings is 1. The van der Waals surface area contributed by atoms with E-state index in [0.29, 0.717) is 5.92 Å². The Labute approximate surface area is 108 Å². The van der Waals surface area contributed by atoms with E-state index in [9.17, 15) is 0 Å². The van der Waals surface area contributed by atoms with Crippen LogP contribution in [0.1, 0.15) is 25.8 Å². The summed E-state index contributed by atoms with van der Waals surface area (Å²) in [5.74, 6) is 0.605. The summed E-state index contributed by atoms with van der Waals surface area (Å²) < 4.78 is 0. The van der Waals surface area contributed by atoms with Crippen molar-refractivity contribution in [2.45, 2.75) is 32.1 Å². The maximum Gasteiger partial charge on any atom is 0.0704 e. The van der Waals surface area contributed by atoms with Crippen molar-refractivity contribution in [3.05, 3.63) is 42.1 Å². The molecule has 0 bridgehead atoms. The van der Waals surface area contributed by atoms with Gasteiger partial charge in [-0.05, 0) is 43.4 Å². The Hall–Kier alpha value is -1.08. The first-order valence-electron chi connectivity index (χ1n) is 6.13. The second-order valence-electron chi connectivity index (χ2n) is 4.81. The molecule has 0 fully saturated rings. The first-order valence-corrected chi connectivity index (χ1v) is 6.57. The van der Waals surface area contributed by atoms with E-state index in [-0.39, 0.29) is 5.38 Å². The molecule has 2 unspecified atom stereocenters. The van der Waals surface area contributed by atoms with Crippen molar-refractivity contribution >= 4 is 22.5 Å². The average molecular weight is 248 g/mol. The summed E-state index contributed by atoms with van der Waals surface area (Å²) in [4.78, 5) is 4.38. The summed E-state index contributed by atoms with van der Waals surface area (Å²) >= 11 is 6.04. The van der Waals surface area contributed by atoms with E-state index >= 15 is 0 Å². The van der Waals surface area contributed by atoms with Crippen LogP contribution < -0.4 is 0 Å². The molecule has 17 heavy (non-hydrogen) atoms. The molecule has 2 aromatic rings. The van der Waals surface area contributed by atoms with Gasteiger partial charge in [0.15, 0.2) is 0 Å². The van der Waals surface area contributed by atoms with Crippen LogP contribution >= 0.6 is 11.6 Å². The molecule has 0 saturated carbocycles. The van der Waals surface area contributed by atoms with Crippen molar-refractivity contribution in [1.29, 1.82) is 0 Å². The Morgan fingerprint density at radius 1 is 1.18 bits per heavy atom. The van der Waals surface area contributed by atoms with E-state index in [2.05, 4.69) is 43.1 Å². The van der Waals surface area contributed by atoms with Crippen LogP contribution in [-0.4, -0.2) is 10.4 Å². The summed E-state index contributed by atoms with van der Waals surface area (Å²) in [6.45, 7) is 4.32. The quantitative estimate of drug-likeness (QED) is 0.729. The van der Waals surface area contributed by atoms with Crippen LogP contribution in [0.3, 0.4) is 0 Å². The molecule has 90 valence electrons. The second-order valence-corrected chi connectivity index (χ2v) is 5.56. The summed E-state index contributed by atoms with van der Waals surface area (Å²) in [6, 6.07) is 10.4. The molecule has 1 aromatic carbocycles. The number of hydrogen-bond acceptors (Lipinski definition) is 1. The van der Waals surface area contributed by atoms with Crippen LogP contribution in [0, 0.1) is 5.92 Å². The first kappa shape index (κ1) is 12.4. The van der Waals surface area contributed by atoms with E-state index in [1.54, 1.807) is 0 Å². The van der Waals surface area contributed by atoms with E-state index in [4.69, 9.17) is 11.6 Å². The monoisotopic (exact) mass is 247 g/mol. The molecular weight excluding hydrogens is 230 g/mol. The van der Waals surface area contributed by atoms with Gasteiger partial charge in [0.1, 0.15) is 0 Å². The highest BCUT2D eigenvalue weighted by atomic mass is 35.5. The maximum absolute atomic E-state index is 6.04. The Morgan fingerprint density at radius 3 is 2.71 bits per heavy atom. The van der Waals surface area contributed by atoms with Gasteiger partial charge < -0.3 is 0 Å². The standard InChI is InChI=1S/C15H18ClN/c1-11(9-12(2)16)10-13-7-8-17-15-6-4-3-5-14(13)15/h3-8,11-12H,9-10H2,1-2H3. The third kappa shape index (κ3) is 3.19. The van der Waals surface area contributed by atoms with E-state index in [1.165, 1.54) is 10.9 Å². The molecule has 1 heterocycles. The molecule has 1 aromatic heterocycles. The van der Waals surface area contributed by atoms with Gasteiger partial charge in [0, 0.05) is 17.0 Å².